The van der Waals surface area contributed by atoms with Crippen LogP contribution in [0.15, 0.2) is 18.2 Å². The van der Waals surface area contributed by atoms with Crippen molar-refractivity contribution in [1.29, 1.82) is 0 Å². The van der Waals surface area contributed by atoms with Crippen LogP contribution in [-0.2, 0) is 5.41 Å². The van der Waals surface area contributed by atoms with Crippen molar-refractivity contribution in [2.24, 2.45) is 0 Å². The minimum absolute atomic E-state index is 0.131. The molecule has 1 N–H and O–H groups in total. The number of aliphatic hydroxyl groups excluding tert-OH is 1. The summed E-state index contributed by atoms with van der Waals surface area (Å²) in [4.78, 5) is 0. The molecule has 16 heavy (non-hydrogen) atoms. The fourth-order valence-corrected chi connectivity index (χ4v) is 2.03. The van der Waals surface area contributed by atoms with Gasteiger partial charge in [-0.1, -0.05) is 51.4 Å². The molecule has 0 spiro atoms. The number of hydrogen-bond acceptors (Lipinski definition) is 1. The molecule has 1 unspecified atom stereocenters. The molecule has 0 saturated heterocycles. The number of hydrogen-bond donors (Lipinski definition) is 1. The van der Waals surface area contributed by atoms with Gasteiger partial charge in [0.1, 0.15) is 0 Å². The van der Waals surface area contributed by atoms with Crippen molar-refractivity contribution in [2.45, 2.75) is 45.4 Å². The molecule has 1 aromatic rings. The highest BCUT2D eigenvalue weighted by Gasteiger charge is 2.20. The second-order valence-electron chi connectivity index (χ2n) is 5.09. The Hall–Kier alpha value is -0.530. The maximum Gasteiger partial charge on any atom is 0.0522 e. The number of benzene rings is 1. The topological polar surface area (TPSA) is 20.2 Å². The third kappa shape index (κ3) is 2.78. The molecule has 0 amide bonds. The van der Waals surface area contributed by atoms with Gasteiger partial charge in [0.05, 0.1) is 6.61 Å². The Bertz CT molecular complexity index is 358. The van der Waals surface area contributed by atoms with Gasteiger partial charge >= 0.3 is 0 Å². The summed E-state index contributed by atoms with van der Waals surface area (Å²) in [6.45, 7) is 8.50. The lowest BCUT2D eigenvalue weighted by molar-refractivity contribution is 0.218. The van der Waals surface area contributed by atoms with Crippen molar-refractivity contribution in [1.82, 2.24) is 0 Å². The first-order valence-electron chi connectivity index (χ1n) is 5.83. The van der Waals surface area contributed by atoms with Crippen molar-refractivity contribution < 1.29 is 5.11 Å². The minimum Gasteiger partial charge on any atom is -0.395 e. The standard InChI is InChI=1S/C14H21ClO/c1-5-10(2)12-7-6-11(8-13(12)15)14(3,4)9-16/h6-8,10,16H,5,9H2,1-4H3. The summed E-state index contributed by atoms with van der Waals surface area (Å²) in [5.74, 6) is 0.485. The summed E-state index contributed by atoms with van der Waals surface area (Å²) in [6, 6.07) is 6.14. The first-order chi connectivity index (χ1) is 7.42. The van der Waals surface area contributed by atoms with Gasteiger partial charge < -0.3 is 5.11 Å². The minimum atomic E-state index is -0.225. The molecule has 1 aromatic carbocycles. The van der Waals surface area contributed by atoms with Gasteiger partial charge in [-0.3, -0.25) is 0 Å². The van der Waals surface area contributed by atoms with E-state index in [2.05, 4.69) is 26.0 Å². The van der Waals surface area contributed by atoms with Gasteiger partial charge in [-0.15, -0.1) is 0 Å². The van der Waals surface area contributed by atoms with Gasteiger partial charge in [0.25, 0.3) is 0 Å². The summed E-state index contributed by atoms with van der Waals surface area (Å²) in [6.07, 6.45) is 1.09. The van der Waals surface area contributed by atoms with Crippen LogP contribution in [-0.4, -0.2) is 11.7 Å². The molecule has 0 aliphatic heterocycles. The fourth-order valence-electron chi connectivity index (χ4n) is 1.66. The summed E-state index contributed by atoms with van der Waals surface area (Å²) in [5.41, 5.74) is 2.06. The van der Waals surface area contributed by atoms with E-state index in [1.807, 2.05) is 19.9 Å². The maximum atomic E-state index is 9.32. The molecule has 0 aromatic heterocycles. The van der Waals surface area contributed by atoms with E-state index >= 15 is 0 Å². The average molecular weight is 241 g/mol. The summed E-state index contributed by atoms with van der Waals surface area (Å²) < 4.78 is 0. The van der Waals surface area contributed by atoms with Gasteiger partial charge in [-0.2, -0.15) is 0 Å². The van der Waals surface area contributed by atoms with Crippen molar-refractivity contribution >= 4 is 11.6 Å². The Kier molecular flexibility index (Phi) is 4.40. The van der Waals surface area contributed by atoms with E-state index in [4.69, 9.17) is 11.6 Å². The molecule has 1 rings (SSSR count). The number of aliphatic hydroxyl groups is 1. The second-order valence-corrected chi connectivity index (χ2v) is 5.49. The van der Waals surface area contributed by atoms with Gasteiger partial charge in [0.2, 0.25) is 0 Å². The van der Waals surface area contributed by atoms with Gasteiger partial charge in [0, 0.05) is 10.4 Å². The van der Waals surface area contributed by atoms with Gasteiger partial charge in [-0.05, 0) is 29.5 Å². The largest absolute Gasteiger partial charge is 0.395 e. The Morgan fingerprint density at radius 3 is 2.44 bits per heavy atom. The molecule has 0 saturated carbocycles. The molecular formula is C14H21ClO. The van der Waals surface area contributed by atoms with Crippen molar-refractivity contribution in [3.8, 4) is 0 Å². The van der Waals surface area contributed by atoms with E-state index in [0.717, 1.165) is 17.0 Å². The lowest BCUT2D eigenvalue weighted by atomic mass is 9.84. The Morgan fingerprint density at radius 2 is 2.00 bits per heavy atom. The zero-order valence-corrected chi connectivity index (χ0v) is 11.3. The van der Waals surface area contributed by atoms with Crippen molar-refractivity contribution in [2.75, 3.05) is 6.61 Å². The molecule has 1 atom stereocenters. The molecule has 0 bridgehead atoms. The molecule has 1 nitrogen and oxygen atoms in total. The monoisotopic (exact) mass is 240 g/mol. The van der Waals surface area contributed by atoms with Crippen molar-refractivity contribution in [3.05, 3.63) is 34.3 Å². The second kappa shape index (κ2) is 5.20. The SMILES string of the molecule is CCC(C)c1ccc(C(C)(C)CO)cc1Cl. The smallest absolute Gasteiger partial charge is 0.0522 e. The van der Waals surface area contributed by atoms with Crippen LogP contribution in [0.3, 0.4) is 0 Å². The van der Waals surface area contributed by atoms with Crippen LogP contribution in [0.5, 0.6) is 0 Å². The third-order valence-electron chi connectivity index (χ3n) is 3.32. The Morgan fingerprint density at radius 1 is 1.38 bits per heavy atom. The molecule has 90 valence electrons. The predicted molar refractivity (Wildman–Crippen MR) is 70.3 cm³/mol. The van der Waals surface area contributed by atoms with Crippen LogP contribution in [0.4, 0.5) is 0 Å². The van der Waals surface area contributed by atoms with E-state index in [1.54, 1.807) is 0 Å². The quantitative estimate of drug-likeness (QED) is 0.839. The van der Waals surface area contributed by atoms with E-state index < -0.39 is 0 Å². The summed E-state index contributed by atoms with van der Waals surface area (Å²) in [7, 11) is 0. The maximum absolute atomic E-state index is 9.32. The van der Waals surface area contributed by atoms with Gasteiger partial charge in [-0.25, -0.2) is 0 Å². The van der Waals surface area contributed by atoms with E-state index in [-0.39, 0.29) is 12.0 Å². The lowest BCUT2D eigenvalue weighted by Gasteiger charge is -2.23. The number of halogens is 1. The van der Waals surface area contributed by atoms with Crippen LogP contribution in [0.2, 0.25) is 5.02 Å². The average Bonchev–Trinajstić information content (AvgIpc) is 2.28. The zero-order valence-electron chi connectivity index (χ0n) is 10.5. The molecule has 0 radical (unpaired) electrons. The van der Waals surface area contributed by atoms with Crippen LogP contribution in [0.1, 0.15) is 51.2 Å². The molecule has 0 fully saturated rings. The van der Waals surface area contributed by atoms with Crippen LogP contribution in [0, 0.1) is 0 Å². The van der Waals surface area contributed by atoms with Crippen molar-refractivity contribution in [3.63, 3.8) is 0 Å². The number of rotatable bonds is 4. The lowest BCUT2D eigenvalue weighted by Crippen LogP contribution is -2.22. The normalized spacial score (nSPS) is 13.9. The van der Waals surface area contributed by atoms with E-state index in [9.17, 15) is 5.11 Å². The predicted octanol–water partition coefficient (Wildman–Crippen LogP) is 4.12. The van der Waals surface area contributed by atoms with Crippen LogP contribution >= 0.6 is 11.6 Å². The fraction of sp³-hybridized carbons (Fsp3) is 0.571. The first-order valence-corrected chi connectivity index (χ1v) is 6.21. The zero-order chi connectivity index (χ0) is 12.3. The summed E-state index contributed by atoms with van der Waals surface area (Å²) in [5, 5.41) is 10.1. The Balaban J connectivity index is 3.09. The third-order valence-corrected chi connectivity index (χ3v) is 3.65. The molecule has 0 aliphatic rings. The summed E-state index contributed by atoms with van der Waals surface area (Å²) >= 11 is 6.28. The Labute approximate surface area is 103 Å². The van der Waals surface area contributed by atoms with Crippen LogP contribution in [0.25, 0.3) is 0 Å². The molecule has 0 heterocycles. The molecule has 0 aliphatic carbocycles. The molecule has 2 heteroatoms. The van der Waals surface area contributed by atoms with Crippen LogP contribution < -0.4 is 0 Å². The molecular weight excluding hydrogens is 220 g/mol. The highest BCUT2D eigenvalue weighted by atomic mass is 35.5. The highest BCUT2D eigenvalue weighted by molar-refractivity contribution is 6.31. The highest BCUT2D eigenvalue weighted by Crippen LogP contribution is 2.31. The van der Waals surface area contributed by atoms with E-state index in [0.29, 0.717) is 5.92 Å². The van der Waals surface area contributed by atoms with Gasteiger partial charge in [0.15, 0.2) is 0 Å². The van der Waals surface area contributed by atoms with E-state index in [1.165, 1.54) is 5.56 Å². The first kappa shape index (κ1) is 13.5.